The first-order valence-electron chi connectivity index (χ1n) is 3.29. The zero-order valence-corrected chi connectivity index (χ0v) is 5.77. The quantitative estimate of drug-likeness (QED) is 0.422. The number of hydrogen-bond donors (Lipinski definition) is 3. The van der Waals surface area contributed by atoms with E-state index in [0.29, 0.717) is 0 Å². The van der Waals surface area contributed by atoms with E-state index in [1.165, 1.54) is 0 Å². The Labute approximate surface area is 59.1 Å². The highest BCUT2D eigenvalue weighted by atomic mass is 16.5. The van der Waals surface area contributed by atoms with E-state index < -0.39 is 18.3 Å². The minimum absolute atomic E-state index is 0.247. The van der Waals surface area contributed by atoms with E-state index in [0.717, 1.165) is 0 Å². The summed E-state index contributed by atoms with van der Waals surface area (Å²) in [6.07, 6.45) is -2.81. The van der Waals surface area contributed by atoms with Gasteiger partial charge in [0.25, 0.3) is 0 Å². The third-order valence-electron chi connectivity index (χ3n) is 1.78. The van der Waals surface area contributed by atoms with E-state index in [9.17, 15) is 0 Å². The highest BCUT2D eigenvalue weighted by Gasteiger charge is 2.39. The molecule has 1 aliphatic rings. The monoisotopic (exact) mass is 148 g/mol. The average Bonchev–Trinajstić information content (AvgIpc) is 2.17. The second-order valence-electron chi connectivity index (χ2n) is 2.54. The molecule has 4 nitrogen and oxygen atoms in total. The third-order valence-corrected chi connectivity index (χ3v) is 1.78. The van der Waals surface area contributed by atoms with Crippen LogP contribution in [-0.2, 0) is 4.74 Å². The van der Waals surface area contributed by atoms with E-state index in [-0.39, 0.29) is 12.7 Å². The zero-order chi connectivity index (χ0) is 7.72. The number of ether oxygens (including phenoxy) is 1. The predicted octanol–water partition coefficient (Wildman–Crippen LogP) is -1.51. The number of rotatable bonds is 1. The maximum Gasteiger partial charge on any atom is 0.111 e. The van der Waals surface area contributed by atoms with Gasteiger partial charge in [-0.1, -0.05) is 0 Å². The van der Waals surface area contributed by atoms with Gasteiger partial charge < -0.3 is 20.1 Å². The summed E-state index contributed by atoms with van der Waals surface area (Å²) in [5.41, 5.74) is 0. The number of aliphatic hydroxyl groups is 3. The molecule has 0 saturated carbocycles. The highest BCUT2D eigenvalue weighted by Crippen LogP contribution is 2.19. The largest absolute Gasteiger partial charge is 0.394 e. The molecule has 1 heterocycles. The molecule has 1 saturated heterocycles. The Morgan fingerprint density at radius 2 is 1.90 bits per heavy atom. The molecule has 1 rings (SSSR count). The molecule has 0 aromatic rings. The van der Waals surface area contributed by atoms with Crippen molar-refractivity contribution in [1.82, 2.24) is 0 Å². The lowest BCUT2D eigenvalue weighted by Crippen LogP contribution is -2.33. The maximum atomic E-state index is 9.09. The van der Waals surface area contributed by atoms with Crippen molar-refractivity contribution in [2.45, 2.75) is 31.3 Å². The van der Waals surface area contributed by atoms with Crippen molar-refractivity contribution >= 4 is 0 Å². The molecule has 2 unspecified atom stereocenters. The topological polar surface area (TPSA) is 69.9 Å². The summed E-state index contributed by atoms with van der Waals surface area (Å²) in [6.45, 7) is 1.41. The summed E-state index contributed by atoms with van der Waals surface area (Å²) in [5.74, 6) is 0. The van der Waals surface area contributed by atoms with Gasteiger partial charge in [0.2, 0.25) is 0 Å². The molecule has 0 aromatic carbocycles. The van der Waals surface area contributed by atoms with Crippen molar-refractivity contribution in [2.24, 2.45) is 0 Å². The van der Waals surface area contributed by atoms with Gasteiger partial charge in [-0.05, 0) is 6.92 Å². The summed E-state index contributed by atoms with van der Waals surface area (Å²) < 4.78 is 4.98. The Morgan fingerprint density at radius 1 is 1.30 bits per heavy atom. The van der Waals surface area contributed by atoms with Crippen molar-refractivity contribution in [1.29, 1.82) is 0 Å². The zero-order valence-electron chi connectivity index (χ0n) is 5.77. The van der Waals surface area contributed by atoms with Crippen molar-refractivity contribution in [3.05, 3.63) is 0 Å². The fraction of sp³-hybridized carbons (Fsp3) is 1.00. The Hall–Kier alpha value is -0.160. The second kappa shape index (κ2) is 2.84. The molecule has 3 N–H and O–H groups in total. The van der Waals surface area contributed by atoms with Crippen molar-refractivity contribution < 1.29 is 20.1 Å². The fourth-order valence-corrected chi connectivity index (χ4v) is 1.09. The van der Waals surface area contributed by atoms with E-state index in [2.05, 4.69) is 0 Å². The summed E-state index contributed by atoms with van der Waals surface area (Å²) in [5, 5.41) is 26.8. The van der Waals surface area contributed by atoms with Gasteiger partial charge in [-0.15, -0.1) is 0 Å². The van der Waals surface area contributed by atoms with Crippen LogP contribution in [0.3, 0.4) is 0 Å². The highest BCUT2D eigenvalue weighted by molar-refractivity contribution is 4.87. The molecular weight excluding hydrogens is 136 g/mol. The number of aliphatic hydroxyl groups excluding tert-OH is 3. The summed E-state index contributed by atoms with van der Waals surface area (Å²) in [6, 6.07) is 0. The van der Waals surface area contributed by atoms with Gasteiger partial charge in [0.15, 0.2) is 0 Å². The average molecular weight is 148 g/mol. The lowest BCUT2D eigenvalue weighted by Gasteiger charge is -2.10. The lowest BCUT2D eigenvalue weighted by molar-refractivity contribution is -0.0171. The van der Waals surface area contributed by atoms with Gasteiger partial charge in [-0.25, -0.2) is 0 Å². The SMILES string of the molecule is CC1O[C@H](CO)[C@H](O)C1O. The van der Waals surface area contributed by atoms with Gasteiger partial charge in [-0.3, -0.25) is 0 Å². The second-order valence-corrected chi connectivity index (χ2v) is 2.54. The van der Waals surface area contributed by atoms with E-state index >= 15 is 0 Å². The molecule has 60 valence electrons. The fourth-order valence-electron chi connectivity index (χ4n) is 1.09. The van der Waals surface area contributed by atoms with Gasteiger partial charge >= 0.3 is 0 Å². The molecule has 0 aromatic heterocycles. The van der Waals surface area contributed by atoms with Crippen LogP contribution in [0.4, 0.5) is 0 Å². The molecule has 4 heteroatoms. The van der Waals surface area contributed by atoms with Crippen LogP contribution in [0.25, 0.3) is 0 Å². The maximum absolute atomic E-state index is 9.09. The van der Waals surface area contributed by atoms with Crippen LogP contribution in [0.2, 0.25) is 0 Å². The van der Waals surface area contributed by atoms with Gasteiger partial charge in [0, 0.05) is 0 Å². The van der Waals surface area contributed by atoms with Crippen LogP contribution in [0, 0.1) is 0 Å². The molecule has 10 heavy (non-hydrogen) atoms. The molecule has 0 amide bonds. The van der Waals surface area contributed by atoms with Gasteiger partial charge in [-0.2, -0.15) is 0 Å². The molecule has 0 aliphatic carbocycles. The molecule has 4 atom stereocenters. The van der Waals surface area contributed by atoms with E-state index in [4.69, 9.17) is 20.1 Å². The van der Waals surface area contributed by atoms with Crippen molar-refractivity contribution in [2.75, 3.05) is 6.61 Å². The van der Waals surface area contributed by atoms with Crippen LogP contribution in [0.5, 0.6) is 0 Å². The first kappa shape index (κ1) is 7.94. The first-order valence-corrected chi connectivity index (χ1v) is 3.29. The van der Waals surface area contributed by atoms with Crippen LogP contribution < -0.4 is 0 Å². The van der Waals surface area contributed by atoms with Gasteiger partial charge in [0.1, 0.15) is 18.3 Å². The van der Waals surface area contributed by atoms with Crippen LogP contribution in [0.1, 0.15) is 6.92 Å². The predicted molar refractivity (Wildman–Crippen MR) is 33.4 cm³/mol. The standard InChI is InChI=1S/C6H12O4/c1-3-5(8)6(9)4(2-7)10-3/h3-9H,2H2,1H3/t3?,4-,5?,6+/m1/s1. The first-order chi connectivity index (χ1) is 4.66. The summed E-state index contributed by atoms with van der Waals surface area (Å²) in [4.78, 5) is 0. The molecule has 0 radical (unpaired) electrons. The van der Waals surface area contributed by atoms with Crippen LogP contribution in [0.15, 0.2) is 0 Å². The van der Waals surface area contributed by atoms with Gasteiger partial charge in [0.05, 0.1) is 12.7 Å². The molecule has 1 aliphatic heterocycles. The molecule has 1 fully saturated rings. The summed E-state index contributed by atoms with van der Waals surface area (Å²) in [7, 11) is 0. The van der Waals surface area contributed by atoms with Crippen LogP contribution >= 0.6 is 0 Å². The smallest absolute Gasteiger partial charge is 0.111 e. The Bertz CT molecular complexity index is 116. The summed E-state index contributed by atoms with van der Waals surface area (Å²) >= 11 is 0. The van der Waals surface area contributed by atoms with Crippen molar-refractivity contribution in [3.63, 3.8) is 0 Å². The van der Waals surface area contributed by atoms with Crippen LogP contribution in [-0.4, -0.2) is 46.3 Å². The Balaban J connectivity index is 2.53. The Kier molecular flexibility index (Phi) is 2.25. The van der Waals surface area contributed by atoms with E-state index in [1.807, 2.05) is 0 Å². The molecule has 0 bridgehead atoms. The molecule has 0 spiro atoms. The minimum Gasteiger partial charge on any atom is -0.394 e. The molecular formula is C6H12O4. The third kappa shape index (κ3) is 1.15. The minimum atomic E-state index is -0.944. The van der Waals surface area contributed by atoms with E-state index in [1.54, 1.807) is 6.92 Å². The Morgan fingerprint density at radius 3 is 2.10 bits per heavy atom. The van der Waals surface area contributed by atoms with Crippen molar-refractivity contribution in [3.8, 4) is 0 Å². The normalized spacial score (nSPS) is 48.0. The number of hydrogen-bond acceptors (Lipinski definition) is 4. The lowest BCUT2D eigenvalue weighted by atomic mass is 10.1.